The van der Waals surface area contributed by atoms with Crippen molar-refractivity contribution >= 4 is 17.4 Å². The number of rotatable bonds is 6. The van der Waals surface area contributed by atoms with E-state index in [2.05, 4.69) is 12.1 Å². The molecule has 1 aliphatic carbocycles. The zero-order valence-electron chi connectivity index (χ0n) is 15.6. The highest BCUT2D eigenvalue weighted by molar-refractivity contribution is 6.32. The van der Waals surface area contributed by atoms with E-state index in [1.54, 1.807) is 12.1 Å². The number of halogens is 1. The third kappa shape index (κ3) is 4.40. The van der Waals surface area contributed by atoms with Gasteiger partial charge in [-0.2, -0.15) is 0 Å². The Morgan fingerprint density at radius 2 is 1.82 bits per heavy atom. The Kier molecular flexibility index (Phi) is 5.98. The Balaban J connectivity index is 1.31. The molecule has 0 radical (unpaired) electrons. The summed E-state index contributed by atoms with van der Waals surface area (Å²) in [5, 5.41) is 0.467. The monoisotopic (exact) mass is 398 g/mol. The van der Waals surface area contributed by atoms with E-state index in [0.717, 1.165) is 25.7 Å². The molecular weight excluding hydrogens is 376 g/mol. The van der Waals surface area contributed by atoms with Crippen LogP contribution in [0.25, 0.3) is 0 Å². The van der Waals surface area contributed by atoms with Gasteiger partial charge in [0.05, 0.1) is 23.7 Å². The lowest BCUT2D eigenvalue weighted by molar-refractivity contribution is -0.133. The fraction of sp³-hybridized carbons (Fsp3) is 0.348. The van der Waals surface area contributed by atoms with Crippen LogP contribution in [0.4, 0.5) is 0 Å². The average Bonchev–Trinajstić information content (AvgIpc) is 2.72. The zero-order valence-corrected chi connectivity index (χ0v) is 16.3. The van der Waals surface area contributed by atoms with Crippen molar-refractivity contribution in [2.75, 3.05) is 6.61 Å². The second-order valence-electron chi connectivity index (χ2n) is 7.20. The summed E-state index contributed by atoms with van der Waals surface area (Å²) in [7, 11) is 0. The van der Waals surface area contributed by atoms with Crippen molar-refractivity contribution in [3.05, 3.63) is 77.2 Å². The highest BCUT2D eigenvalue weighted by Crippen LogP contribution is 2.36. The molecule has 1 saturated carbocycles. The first-order valence-corrected chi connectivity index (χ1v) is 10.1. The molecule has 3 atom stereocenters. The molecule has 1 fully saturated rings. The lowest BCUT2D eigenvalue weighted by Crippen LogP contribution is -2.42. The molecule has 5 heteroatoms. The Morgan fingerprint density at radius 3 is 2.64 bits per heavy atom. The van der Waals surface area contributed by atoms with Gasteiger partial charge >= 0.3 is 0 Å². The molecule has 1 aliphatic heterocycles. The molecule has 4 rings (SSSR count). The van der Waals surface area contributed by atoms with Gasteiger partial charge in [-0.1, -0.05) is 54.1 Å². The normalized spacial score (nSPS) is 24.1. The van der Waals surface area contributed by atoms with Crippen molar-refractivity contribution < 1.29 is 19.0 Å². The number of carbonyl (C=O) groups is 1. The quantitative estimate of drug-likeness (QED) is 0.690. The smallest absolute Gasteiger partial charge is 0.208 e. The number of ether oxygens (including phenoxy) is 3. The van der Waals surface area contributed by atoms with Gasteiger partial charge in [0.25, 0.3) is 0 Å². The van der Waals surface area contributed by atoms with Gasteiger partial charge in [0.15, 0.2) is 0 Å². The topological polar surface area (TPSA) is 44.8 Å². The number of para-hydroxylation sites is 1. The highest BCUT2D eigenvalue weighted by Gasteiger charge is 2.41. The maximum absolute atomic E-state index is 12.8. The molecule has 2 aliphatic rings. The van der Waals surface area contributed by atoms with Gasteiger partial charge in [0.2, 0.25) is 11.5 Å². The molecule has 0 aromatic heterocycles. The van der Waals surface area contributed by atoms with E-state index in [0.29, 0.717) is 17.4 Å². The minimum atomic E-state index is -0.184. The van der Waals surface area contributed by atoms with Gasteiger partial charge in [0.1, 0.15) is 18.1 Å². The average molecular weight is 399 g/mol. The molecule has 2 aromatic rings. The minimum absolute atomic E-state index is 0.0149. The number of hydrogen-bond acceptors (Lipinski definition) is 4. The lowest BCUT2D eigenvalue weighted by Gasteiger charge is -2.37. The molecule has 0 bridgehead atoms. The van der Waals surface area contributed by atoms with Crippen molar-refractivity contribution in [3.63, 3.8) is 0 Å². The second-order valence-corrected chi connectivity index (χ2v) is 7.61. The van der Waals surface area contributed by atoms with E-state index < -0.39 is 0 Å². The third-order valence-corrected chi connectivity index (χ3v) is 5.63. The summed E-state index contributed by atoms with van der Waals surface area (Å²) in [5.41, 5.74) is 1.27. The van der Waals surface area contributed by atoms with Crippen molar-refractivity contribution in [2.45, 2.75) is 37.9 Å². The fourth-order valence-corrected chi connectivity index (χ4v) is 3.97. The second kappa shape index (κ2) is 8.80. The van der Waals surface area contributed by atoms with Crippen LogP contribution in [0.5, 0.6) is 5.75 Å². The van der Waals surface area contributed by atoms with E-state index in [-0.39, 0.29) is 29.7 Å². The van der Waals surface area contributed by atoms with Crippen LogP contribution >= 0.6 is 11.6 Å². The summed E-state index contributed by atoms with van der Waals surface area (Å²) in [6.45, 7) is 0.677. The minimum Gasteiger partial charge on any atom is -0.493 e. The molecule has 28 heavy (non-hydrogen) atoms. The molecule has 0 N–H and O–H groups in total. The maximum Gasteiger partial charge on any atom is 0.208 e. The fourth-order valence-electron chi connectivity index (χ4n) is 3.79. The Bertz CT molecular complexity index is 849. The van der Waals surface area contributed by atoms with Crippen LogP contribution in [0.1, 0.15) is 24.8 Å². The number of benzene rings is 2. The standard InChI is InChI=1S/C23H23ClO4/c24-19-8-4-5-9-20(19)28-22-15-27-21-14-17(10-11-18(21)23(22)25)26-13-12-16-6-2-1-3-7-16/h1-9,15,17-18,21H,10-14H2. The maximum atomic E-state index is 12.8. The number of hydrogen-bond donors (Lipinski definition) is 0. The first-order chi connectivity index (χ1) is 13.7. The summed E-state index contributed by atoms with van der Waals surface area (Å²) >= 11 is 6.12. The van der Waals surface area contributed by atoms with E-state index >= 15 is 0 Å². The zero-order chi connectivity index (χ0) is 19.3. The van der Waals surface area contributed by atoms with Crippen molar-refractivity contribution in [1.82, 2.24) is 0 Å². The van der Waals surface area contributed by atoms with Crippen LogP contribution in [-0.4, -0.2) is 24.6 Å². The SMILES string of the molecule is O=C1C(Oc2ccccc2Cl)=COC2CC(OCCc3ccccc3)CCC12. The van der Waals surface area contributed by atoms with Crippen LogP contribution in [-0.2, 0) is 20.7 Å². The van der Waals surface area contributed by atoms with Crippen molar-refractivity contribution in [1.29, 1.82) is 0 Å². The molecule has 0 saturated heterocycles. The predicted molar refractivity (Wildman–Crippen MR) is 107 cm³/mol. The first kappa shape index (κ1) is 19.0. The molecule has 1 heterocycles. The summed E-state index contributed by atoms with van der Waals surface area (Å²) in [6.07, 6.45) is 4.60. The van der Waals surface area contributed by atoms with E-state index in [9.17, 15) is 4.79 Å². The summed E-state index contributed by atoms with van der Waals surface area (Å²) < 4.78 is 17.6. The van der Waals surface area contributed by atoms with Gasteiger partial charge in [-0.15, -0.1) is 0 Å². The summed E-state index contributed by atoms with van der Waals surface area (Å²) in [4.78, 5) is 12.8. The Hall–Kier alpha value is -2.30. The van der Waals surface area contributed by atoms with Crippen LogP contribution in [0.15, 0.2) is 66.6 Å². The molecule has 146 valence electrons. The molecule has 2 aromatic carbocycles. The van der Waals surface area contributed by atoms with Crippen LogP contribution < -0.4 is 4.74 Å². The molecule has 0 amide bonds. The van der Waals surface area contributed by atoms with Crippen LogP contribution in [0.3, 0.4) is 0 Å². The summed E-state index contributed by atoms with van der Waals surface area (Å²) in [6, 6.07) is 17.4. The molecule has 3 unspecified atom stereocenters. The number of allylic oxidation sites excluding steroid dienone is 1. The van der Waals surface area contributed by atoms with E-state index in [1.165, 1.54) is 11.8 Å². The van der Waals surface area contributed by atoms with Crippen LogP contribution in [0.2, 0.25) is 5.02 Å². The Labute approximate surface area is 170 Å². The van der Waals surface area contributed by atoms with E-state index in [4.69, 9.17) is 25.8 Å². The summed E-state index contributed by atoms with van der Waals surface area (Å²) in [5.74, 6) is 0.483. The van der Waals surface area contributed by atoms with Crippen LogP contribution in [0, 0.1) is 5.92 Å². The number of fused-ring (bicyclic) bond motifs is 1. The number of ketones is 1. The largest absolute Gasteiger partial charge is 0.493 e. The third-order valence-electron chi connectivity index (χ3n) is 5.32. The van der Waals surface area contributed by atoms with Gasteiger partial charge in [-0.05, 0) is 37.0 Å². The first-order valence-electron chi connectivity index (χ1n) is 9.68. The Morgan fingerprint density at radius 1 is 1.04 bits per heavy atom. The van der Waals surface area contributed by atoms with Crippen molar-refractivity contribution in [2.24, 2.45) is 5.92 Å². The number of carbonyl (C=O) groups excluding carboxylic acids is 1. The van der Waals surface area contributed by atoms with Gasteiger partial charge < -0.3 is 14.2 Å². The lowest BCUT2D eigenvalue weighted by atomic mass is 9.80. The van der Waals surface area contributed by atoms with Gasteiger partial charge in [0, 0.05) is 6.42 Å². The molecular formula is C23H23ClO4. The van der Waals surface area contributed by atoms with Crippen molar-refractivity contribution in [3.8, 4) is 5.75 Å². The van der Waals surface area contributed by atoms with E-state index in [1.807, 2.05) is 30.3 Å². The van der Waals surface area contributed by atoms with Gasteiger partial charge in [-0.3, -0.25) is 4.79 Å². The molecule has 4 nitrogen and oxygen atoms in total. The van der Waals surface area contributed by atoms with Gasteiger partial charge in [-0.25, -0.2) is 0 Å². The number of Topliss-reactive ketones (excluding diaryl/α,β-unsaturated/α-hetero) is 1. The predicted octanol–water partition coefficient (Wildman–Crippen LogP) is 4.96. The highest BCUT2D eigenvalue weighted by atomic mass is 35.5. The molecule has 0 spiro atoms.